The fourth-order valence-corrected chi connectivity index (χ4v) is 11.6. The first-order valence-corrected chi connectivity index (χ1v) is 28.0. The number of carbonyl (C=O) groups is 6. The lowest BCUT2D eigenvalue weighted by molar-refractivity contribution is -0.265. The molecule has 16 nitrogen and oxygen atoms in total. The zero-order chi connectivity index (χ0) is 56.8. The lowest BCUT2D eigenvalue weighted by Gasteiger charge is -2.42. The Labute approximate surface area is 457 Å². The average Bonchev–Trinajstić information content (AvgIpc) is 3.41. The zero-order valence-electron chi connectivity index (χ0n) is 47.9. The number of hydrogen-bond donors (Lipinski definition) is 2. The number of rotatable bonds is 10. The molecule has 4 heterocycles. The van der Waals surface area contributed by atoms with Crippen molar-refractivity contribution in [3.05, 3.63) is 77.7 Å². The van der Waals surface area contributed by atoms with Crippen LogP contribution in [0.25, 0.3) is 0 Å². The Kier molecular flexibility index (Phi) is 23.7. The second kappa shape index (κ2) is 29.0. The summed E-state index contributed by atoms with van der Waals surface area (Å²) in [6.07, 6.45) is 14.6. The highest BCUT2D eigenvalue weighted by molar-refractivity contribution is 6.39. The normalized spacial score (nSPS) is 36.1. The Morgan fingerprint density at radius 1 is 0.896 bits per heavy atom. The molecule has 3 aliphatic heterocycles. The molecule has 2 saturated heterocycles. The van der Waals surface area contributed by atoms with E-state index in [-0.39, 0.29) is 48.8 Å². The van der Waals surface area contributed by atoms with Crippen LogP contribution in [0.5, 0.6) is 0 Å². The van der Waals surface area contributed by atoms with Crippen LogP contribution in [0.4, 0.5) is 0 Å². The number of amides is 1. The number of allylic oxidation sites excluding steroid dienone is 6. The van der Waals surface area contributed by atoms with Gasteiger partial charge in [-0.15, -0.1) is 0 Å². The van der Waals surface area contributed by atoms with Gasteiger partial charge in [0, 0.05) is 70.9 Å². The number of ether oxygens (including phenoxy) is 6. The van der Waals surface area contributed by atoms with Crippen LogP contribution in [0.2, 0.25) is 0 Å². The quantitative estimate of drug-likeness (QED) is 0.128. The van der Waals surface area contributed by atoms with E-state index in [0.717, 1.165) is 11.1 Å². The number of Topliss-reactive ketones (excluding diaryl/α,β-unsaturated/α-hetero) is 3. The Balaban J connectivity index is 1.43. The Morgan fingerprint density at radius 3 is 2.31 bits per heavy atom. The van der Waals surface area contributed by atoms with Gasteiger partial charge in [0.25, 0.3) is 11.7 Å². The van der Waals surface area contributed by atoms with Gasteiger partial charge >= 0.3 is 11.9 Å². The highest BCUT2D eigenvalue weighted by atomic mass is 16.6. The molecule has 5 rings (SSSR count). The number of cyclic esters (lactones) is 1. The molecule has 0 spiro atoms. The van der Waals surface area contributed by atoms with Crippen molar-refractivity contribution in [2.24, 2.45) is 40.9 Å². The van der Waals surface area contributed by atoms with Crippen LogP contribution in [0.15, 0.2) is 72.1 Å². The smallest absolute Gasteiger partial charge is 0.329 e. The number of aromatic nitrogens is 1. The van der Waals surface area contributed by atoms with Gasteiger partial charge in [-0.25, -0.2) is 4.79 Å². The number of ketones is 3. The summed E-state index contributed by atoms with van der Waals surface area (Å²) < 4.78 is 36.1. The van der Waals surface area contributed by atoms with Gasteiger partial charge in [0.15, 0.2) is 5.78 Å². The standard InChI is InChI=1S/C61H90N2O14/c1-37-19-14-13-15-20-38(2)50(72-10)33-46-25-23-43(7)61(71,77-46)56(67)57(68)63-28-17-16-22-47(63)58(69)75-51(34-48(64)39(3)30-42(6)54(66)55(74-12)53(65)41(5)29-37)40(4)31-44-24-26-49(52(32-44)73-11)76-59(70)60(8,9)35-45-21-18-27-62-36-45/h13-15,18-21,27,30,36-37,39-41,43-44,46-47,49-52,54-55,66,71H,16-17,22-26,28-29,31-35H2,1-12H3/b15-13+,19-14-,38-20+,42-30+/t37-,39-,40-,41-,43-,44+,46+,47+,49-,50+,51+,52-,54-,55+,61-/m1/s1. The summed E-state index contributed by atoms with van der Waals surface area (Å²) in [5.74, 6) is -8.67. The van der Waals surface area contributed by atoms with Gasteiger partial charge in [0.1, 0.15) is 36.2 Å². The number of aliphatic hydroxyl groups is 2. The van der Waals surface area contributed by atoms with Crippen molar-refractivity contribution in [3.63, 3.8) is 0 Å². The topological polar surface area (TPSA) is 214 Å². The number of aliphatic hydroxyl groups excluding tert-OH is 1. The molecule has 1 saturated carbocycles. The number of pyridine rings is 1. The third-order valence-corrected chi connectivity index (χ3v) is 16.6. The van der Waals surface area contributed by atoms with E-state index in [1.807, 2.05) is 84.1 Å². The van der Waals surface area contributed by atoms with Crippen LogP contribution < -0.4 is 0 Å². The first-order valence-electron chi connectivity index (χ1n) is 28.0. The van der Waals surface area contributed by atoms with Gasteiger partial charge < -0.3 is 43.5 Å². The molecule has 15 atom stereocenters. The maximum absolute atomic E-state index is 14.6. The fraction of sp³-hybridized carbons (Fsp3) is 0.689. The van der Waals surface area contributed by atoms with E-state index in [2.05, 4.69) is 4.98 Å². The molecule has 4 aliphatic rings. The van der Waals surface area contributed by atoms with Crippen molar-refractivity contribution in [2.75, 3.05) is 27.9 Å². The minimum absolute atomic E-state index is 0.00198. The van der Waals surface area contributed by atoms with Crippen molar-refractivity contribution in [1.29, 1.82) is 0 Å². The van der Waals surface area contributed by atoms with Crippen LogP contribution in [-0.4, -0.2) is 138 Å². The van der Waals surface area contributed by atoms with Gasteiger partial charge in [-0.3, -0.25) is 29.0 Å². The summed E-state index contributed by atoms with van der Waals surface area (Å²) in [4.78, 5) is 90.6. The van der Waals surface area contributed by atoms with Crippen LogP contribution in [0.3, 0.4) is 0 Å². The Morgan fingerprint density at radius 2 is 1.64 bits per heavy atom. The lowest BCUT2D eigenvalue weighted by Crippen LogP contribution is -2.61. The Bertz CT molecular complexity index is 2290. The van der Waals surface area contributed by atoms with Gasteiger partial charge in [-0.05, 0) is 139 Å². The Hall–Kier alpha value is -4.71. The molecule has 2 bridgehead atoms. The summed E-state index contributed by atoms with van der Waals surface area (Å²) in [6.45, 7) is 16.4. The molecular weight excluding hydrogens is 985 g/mol. The highest BCUT2D eigenvalue weighted by Crippen LogP contribution is 2.39. The van der Waals surface area contributed by atoms with Crippen LogP contribution in [0, 0.1) is 40.9 Å². The lowest BCUT2D eigenvalue weighted by atomic mass is 9.78. The van der Waals surface area contributed by atoms with Gasteiger partial charge in [-0.2, -0.15) is 0 Å². The number of hydrogen-bond acceptors (Lipinski definition) is 15. The van der Waals surface area contributed by atoms with Crippen molar-refractivity contribution in [2.45, 2.75) is 200 Å². The summed E-state index contributed by atoms with van der Waals surface area (Å²) in [5.41, 5.74) is 1.34. The fourth-order valence-electron chi connectivity index (χ4n) is 11.6. The molecule has 16 heteroatoms. The number of esters is 2. The van der Waals surface area contributed by atoms with Gasteiger partial charge in [0.2, 0.25) is 5.79 Å². The average molecular weight is 1080 g/mol. The molecule has 2 N–H and O–H groups in total. The number of nitrogens with zero attached hydrogens (tertiary/aromatic N) is 2. The van der Waals surface area contributed by atoms with E-state index in [1.165, 1.54) is 12.0 Å². The second-order valence-electron chi connectivity index (χ2n) is 23.4. The third-order valence-electron chi connectivity index (χ3n) is 16.6. The number of fused-ring (bicyclic) bond motifs is 3. The van der Waals surface area contributed by atoms with Crippen LogP contribution in [-0.2, 0) is 63.6 Å². The van der Waals surface area contributed by atoms with E-state index in [4.69, 9.17) is 28.4 Å². The maximum atomic E-state index is 14.6. The van der Waals surface area contributed by atoms with Crippen LogP contribution >= 0.6 is 0 Å². The molecule has 77 heavy (non-hydrogen) atoms. The largest absolute Gasteiger partial charge is 0.460 e. The molecule has 1 aromatic heterocycles. The van der Waals surface area contributed by atoms with Gasteiger partial charge in [0.05, 0.1) is 23.7 Å². The van der Waals surface area contributed by atoms with Crippen molar-refractivity contribution >= 4 is 35.2 Å². The molecule has 0 aromatic carbocycles. The van der Waals surface area contributed by atoms with Crippen LogP contribution in [0.1, 0.15) is 145 Å². The molecule has 3 fully saturated rings. The predicted molar refractivity (Wildman–Crippen MR) is 291 cm³/mol. The monoisotopic (exact) mass is 1070 g/mol. The number of piperidine rings is 1. The summed E-state index contributed by atoms with van der Waals surface area (Å²) in [6, 6.07) is 2.58. The van der Waals surface area contributed by atoms with E-state index < -0.39 is 101 Å². The summed E-state index contributed by atoms with van der Waals surface area (Å²) >= 11 is 0. The molecule has 428 valence electrons. The maximum Gasteiger partial charge on any atom is 0.329 e. The molecule has 1 amide bonds. The van der Waals surface area contributed by atoms with E-state index in [9.17, 15) is 39.0 Å². The molecule has 1 aromatic rings. The third kappa shape index (κ3) is 16.9. The van der Waals surface area contributed by atoms with Crippen molar-refractivity contribution in [3.8, 4) is 0 Å². The molecular formula is C61H90N2O14. The van der Waals surface area contributed by atoms with E-state index in [1.54, 1.807) is 53.5 Å². The summed E-state index contributed by atoms with van der Waals surface area (Å²) in [5, 5.41) is 23.6. The molecule has 0 radical (unpaired) electrons. The minimum atomic E-state index is -2.46. The minimum Gasteiger partial charge on any atom is -0.460 e. The molecule has 0 unspecified atom stereocenters. The van der Waals surface area contributed by atoms with Gasteiger partial charge in [-0.1, -0.05) is 77.1 Å². The van der Waals surface area contributed by atoms with E-state index >= 15 is 0 Å². The first kappa shape index (κ1) is 63.1. The number of carbonyl (C=O) groups excluding carboxylic acids is 6. The summed E-state index contributed by atoms with van der Waals surface area (Å²) in [7, 11) is 4.54. The highest BCUT2D eigenvalue weighted by Gasteiger charge is 2.53. The van der Waals surface area contributed by atoms with Crippen molar-refractivity contribution < 1.29 is 67.4 Å². The van der Waals surface area contributed by atoms with Crippen molar-refractivity contribution in [1.82, 2.24) is 9.88 Å². The second-order valence-corrected chi connectivity index (χ2v) is 23.4. The zero-order valence-corrected chi connectivity index (χ0v) is 47.9. The first-order chi connectivity index (χ1) is 36.4. The SMILES string of the molecule is CO[C@H]1C[C@@H]2CC[C@@H](C)[C@@](O)(O2)C(=O)C(=O)N2CCCC[C@H]2C(=O)O[C@H]([C@H](C)C[C@@H]2CC[C@@H](OC(=O)C(C)(C)Cc3cccnc3)[C@H](OC)C2)CC(=O)[C@H](C)/C=C(\C)[C@@H](O)[C@@H](OC)C(=O)[C@H](C)C[C@H](C)\C=C/C=C/C=C/1C. The van der Waals surface area contributed by atoms with E-state index in [0.29, 0.717) is 76.2 Å². The molecule has 1 aliphatic carbocycles. The predicted octanol–water partition coefficient (Wildman–Crippen LogP) is 8.40. The number of methoxy groups -OCH3 is 3.